The number of hydrogen-bond acceptors (Lipinski definition) is 4. The minimum absolute atomic E-state index is 0.0148. The van der Waals surface area contributed by atoms with Gasteiger partial charge in [-0.15, -0.1) is 0 Å². The third-order valence-electron chi connectivity index (χ3n) is 3.13. The Morgan fingerprint density at radius 3 is 2.73 bits per heavy atom. The molecule has 0 aromatic heterocycles. The number of rotatable bonds is 9. The van der Waals surface area contributed by atoms with Gasteiger partial charge >= 0.3 is 5.97 Å². The van der Waals surface area contributed by atoms with Gasteiger partial charge in [-0.2, -0.15) is 0 Å². The van der Waals surface area contributed by atoms with Crippen LogP contribution in [-0.2, 0) is 14.3 Å². The van der Waals surface area contributed by atoms with Gasteiger partial charge in [-0.1, -0.05) is 29.8 Å². The Kier molecular flexibility index (Phi) is 8.55. The zero-order valence-corrected chi connectivity index (χ0v) is 13.8. The molecule has 1 amide bonds. The lowest BCUT2D eigenvalue weighted by atomic mass is 10.1. The van der Waals surface area contributed by atoms with Crippen LogP contribution in [0, 0.1) is 0 Å². The number of esters is 1. The molecule has 1 aromatic carbocycles. The van der Waals surface area contributed by atoms with E-state index in [-0.39, 0.29) is 24.5 Å². The van der Waals surface area contributed by atoms with Gasteiger partial charge in [0.2, 0.25) is 5.91 Å². The summed E-state index contributed by atoms with van der Waals surface area (Å²) in [7, 11) is 0. The summed E-state index contributed by atoms with van der Waals surface area (Å²) in [6, 6.07) is 7.52. The van der Waals surface area contributed by atoms with E-state index in [9.17, 15) is 9.59 Å². The Hall–Kier alpha value is -1.59. The van der Waals surface area contributed by atoms with E-state index in [1.54, 1.807) is 6.92 Å². The maximum absolute atomic E-state index is 11.7. The molecule has 22 heavy (non-hydrogen) atoms. The first-order valence-corrected chi connectivity index (χ1v) is 7.82. The Balaban J connectivity index is 2.20. The SMILES string of the molecule is CCOC(=O)CCCNC(=O)CNC(C)c1ccccc1Cl. The molecule has 1 unspecified atom stereocenters. The van der Waals surface area contributed by atoms with E-state index in [4.69, 9.17) is 16.3 Å². The van der Waals surface area contributed by atoms with Gasteiger partial charge in [0.15, 0.2) is 0 Å². The van der Waals surface area contributed by atoms with Crippen molar-refractivity contribution in [3.05, 3.63) is 34.9 Å². The van der Waals surface area contributed by atoms with Crippen LogP contribution in [-0.4, -0.2) is 31.6 Å². The fourth-order valence-electron chi connectivity index (χ4n) is 1.94. The molecule has 0 spiro atoms. The van der Waals surface area contributed by atoms with Crippen LogP contribution < -0.4 is 10.6 Å². The minimum Gasteiger partial charge on any atom is -0.466 e. The van der Waals surface area contributed by atoms with Gasteiger partial charge in [-0.3, -0.25) is 9.59 Å². The second kappa shape index (κ2) is 10.2. The molecule has 0 aliphatic heterocycles. The molecule has 0 radical (unpaired) electrons. The number of benzene rings is 1. The Labute approximate surface area is 136 Å². The van der Waals surface area contributed by atoms with E-state index in [2.05, 4.69) is 10.6 Å². The summed E-state index contributed by atoms with van der Waals surface area (Å²) in [5, 5.41) is 6.56. The van der Waals surface area contributed by atoms with Gasteiger partial charge < -0.3 is 15.4 Å². The highest BCUT2D eigenvalue weighted by Crippen LogP contribution is 2.21. The summed E-state index contributed by atoms with van der Waals surface area (Å²) in [5.41, 5.74) is 0.958. The number of nitrogens with one attached hydrogen (secondary N) is 2. The second-order valence-electron chi connectivity index (χ2n) is 4.88. The lowest BCUT2D eigenvalue weighted by Crippen LogP contribution is -2.35. The van der Waals surface area contributed by atoms with E-state index < -0.39 is 0 Å². The van der Waals surface area contributed by atoms with Crippen molar-refractivity contribution in [2.45, 2.75) is 32.7 Å². The topological polar surface area (TPSA) is 67.4 Å². The average molecular weight is 327 g/mol. The van der Waals surface area contributed by atoms with Crippen molar-refractivity contribution in [3.8, 4) is 0 Å². The van der Waals surface area contributed by atoms with Crippen molar-refractivity contribution in [3.63, 3.8) is 0 Å². The molecular formula is C16H23ClN2O3. The molecule has 0 aliphatic carbocycles. The molecule has 1 aromatic rings. The molecule has 1 atom stereocenters. The zero-order valence-electron chi connectivity index (χ0n) is 13.0. The number of ether oxygens (including phenoxy) is 1. The molecule has 6 heteroatoms. The summed E-state index contributed by atoms with van der Waals surface area (Å²) in [6.07, 6.45) is 0.891. The molecule has 122 valence electrons. The smallest absolute Gasteiger partial charge is 0.305 e. The zero-order chi connectivity index (χ0) is 16.4. The highest BCUT2D eigenvalue weighted by Gasteiger charge is 2.10. The van der Waals surface area contributed by atoms with Gasteiger partial charge in [0, 0.05) is 24.0 Å². The van der Waals surface area contributed by atoms with Gasteiger partial charge in [-0.05, 0) is 31.9 Å². The minimum atomic E-state index is -0.234. The first-order valence-electron chi connectivity index (χ1n) is 7.44. The van der Waals surface area contributed by atoms with Crippen LogP contribution >= 0.6 is 11.6 Å². The standard InChI is InChI=1S/C16H23ClN2O3/c1-3-22-16(21)9-6-10-18-15(20)11-19-12(2)13-7-4-5-8-14(13)17/h4-5,7-8,12,19H,3,6,9-11H2,1-2H3,(H,18,20). The maximum atomic E-state index is 11.7. The Morgan fingerprint density at radius 2 is 2.05 bits per heavy atom. The number of hydrogen-bond donors (Lipinski definition) is 2. The van der Waals surface area contributed by atoms with Crippen LogP contribution in [0.1, 0.15) is 38.3 Å². The summed E-state index contributed by atoms with van der Waals surface area (Å²) in [6.45, 7) is 4.77. The normalized spacial score (nSPS) is 11.8. The second-order valence-corrected chi connectivity index (χ2v) is 5.29. The van der Waals surface area contributed by atoms with Crippen LogP contribution in [0.5, 0.6) is 0 Å². The number of halogens is 1. The predicted molar refractivity (Wildman–Crippen MR) is 86.7 cm³/mol. The molecule has 0 fully saturated rings. The summed E-state index contributed by atoms with van der Waals surface area (Å²) in [4.78, 5) is 22.8. The summed E-state index contributed by atoms with van der Waals surface area (Å²) >= 11 is 6.11. The fraction of sp³-hybridized carbons (Fsp3) is 0.500. The predicted octanol–water partition coefficient (Wildman–Crippen LogP) is 2.45. The summed E-state index contributed by atoms with van der Waals surface area (Å²) < 4.78 is 4.81. The van der Waals surface area contributed by atoms with Gasteiger partial charge in [0.25, 0.3) is 0 Å². The first kappa shape index (κ1) is 18.5. The quantitative estimate of drug-likeness (QED) is 0.540. The molecule has 0 aliphatic rings. The van der Waals surface area contributed by atoms with Crippen molar-refractivity contribution in [1.82, 2.24) is 10.6 Å². The van der Waals surface area contributed by atoms with Gasteiger partial charge in [0.05, 0.1) is 13.2 Å². The van der Waals surface area contributed by atoms with Gasteiger partial charge in [0.1, 0.15) is 0 Å². The third kappa shape index (κ3) is 6.91. The molecular weight excluding hydrogens is 304 g/mol. The maximum Gasteiger partial charge on any atom is 0.305 e. The van der Waals surface area contributed by atoms with Crippen molar-refractivity contribution >= 4 is 23.5 Å². The Bertz CT molecular complexity index is 494. The largest absolute Gasteiger partial charge is 0.466 e. The van der Waals surface area contributed by atoms with E-state index in [1.807, 2.05) is 31.2 Å². The molecule has 0 bridgehead atoms. The lowest BCUT2D eigenvalue weighted by molar-refractivity contribution is -0.143. The molecule has 1 rings (SSSR count). The molecule has 0 saturated heterocycles. The Morgan fingerprint density at radius 1 is 1.32 bits per heavy atom. The van der Waals surface area contributed by atoms with E-state index in [0.717, 1.165) is 5.56 Å². The van der Waals surface area contributed by atoms with E-state index >= 15 is 0 Å². The van der Waals surface area contributed by atoms with Crippen LogP contribution in [0.2, 0.25) is 5.02 Å². The molecule has 0 saturated carbocycles. The average Bonchev–Trinajstić information content (AvgIpc) is 2.50. The first-order chi connectivity index (χ1) is 10.5. The van der Waals surface area contributed by atoms with E-state index in [1.165, 1.54) is 0 Å². The van der Waals surface area contributed by atoms with Crippen LogP contribution in [0.25, 0.3) is 0 Å². The van der Waals surface area contributed by atoms with Crippen LogP contribution in [0.15, 0.2) is 24.3 Å². The number of carbonyl (C=O) groups excluding carboxylic acids is 2. The van der Waals surface area contributed by atoms with Crippen LogP contribution in [0.4, 0.5) is 0 Å². The fourth-order valence-corrected chi connectivity index (χ4v) is 2.24. The van der Waals surface area contributed by atoms with Gasteiger partial charge in [-0.25, -0.2) is 0 Å². The summed E-state index contributed by atoms with van der Waals surface area (Å²) in [5.74, 6) is -0.343. The highest BCUT2D eigenvalue weighted by atomic mass is 35.5. The van der Waals surface area contributed by atoms with Crippen molar-refractivity contribution in [2.75, 3.05) is 19.7 Å². The van der Waals surface area contributed by atoms with Crippen LogP contribution in [0.3, 0.4) is 0 Å². The van der Waals surface area contributed by atoms with Crippen molar-refractivity contribution in [2.24, 2.45) is 0 Å². The van der Waals surface area contributed by atoms with Crippen molar-refractivity contribution < 1.29 is 14.3 Å². The van der Waals surface area contributed by atoms with E-state index in [0.29, 0.717) is 31.0 Å². The number of amides is 1. The molecule has 5 nitrogen and oxygen atoms in total. The highest BCUT2D eigenvalue weighted by molar-refractivity contribution is 6.31. The monoisotopic (exact) mass is 326 g/mol. The third-order valence-corrected chi connectivity index (χ3v) is 3.47. The molecule has 2 N–H and O–H groups in total. The molecule has 0 heterocycles. The van der Waals surface area contributed by atoms with Crippen molar-refractivity contribution in [1.29, 1.82) is 0 Å². The lowest BCUT2D eigenvalue weighted by Gasteiger charge is -2.15. The number of carbonyl (C=O) groups is 2.